The molecule has 0 heterocycles. The lowest BCUT2D eigenvalue weighted by molar-refractivity contribution is -0.433. The van der Waals surface area contributed by atoms with E-state index in [2.05, 4.69) is 0 Å². The van der Waals surface area contributed by atoms with E-state index in [-0.39, 0.29) is 0 Å². The van der Waals surface area contributed by atoms with E-state index in [0.717, 1.165) is 5.87 Å². The van der Waals surface area contributed by atoms with E-state index in [1.54, 1.807) is 0 Å². The van der Waals surface area contributed by atoms with E-state index in [9.17, 15) is 20.0 Å². The number of rotatable bonds is 2. The average Bonchev–Trinajstić information content (AvgIpc) is 1.64. The maximum atomic E-state index is 9.56. The van der Waals surface area contributed by atoms with Gasteiger partial charge in [0.05, 0.1) is 4.92 Å². The van der Waals surface area contributed by atoms with Crippen molar-refractivity contribution in [1.82, 2.24) is 0 Å². The van der Waals surface area contributed by atoms with Crippen LogP contribution in [0.4, 0.5) is 0 Å². The van der Waals surface area contributed by atoms with Gasteiger partial charge in [-0.15, -0.1) is 0 Å². The van der Waals surface area contributed by atoms with Crippen LogP contribution < -0.4 is 5.11 Å². The summed E-state index contributed by atoms with van der Waals surface area (Å²) >= 11 is 0. The summed E-state index contributed by atoms with van der Waals surface area (Å²) in [5, 5.41) is 26.8. The molecule has 0 saturated carbocycles. The van der Waals surface area contributed by atoms with Crippen LogP contribution in [-0.2, 0) is 4.79 Å². The van der Waals surface area contributed by atoms with E-state index in [0.29, 0.717) is 0 Å². The Morgan fingerprint density at radius 1 is 1.67 bits per heavy atom. The molecule has 48 valence electrons. The van der Waals surface area contributed by atoms with E-state index in [1.165, 1.54) is 0 Å². The molecule has 0 unspecified atom stereocenters. The van der Waals surface area contributed by atoms with Crippen LogP contribution in [0.2, 0.25) is 0 Å². The second-order valence-corrected chi connectivity index (χ2v) is 1.00. The van der Waals surface area contributed by atoms with Crippen molar-refractivity contribution < 1.29 is 14.8 Å². The van der Waals surface area contributed by atoms with Crippen molar-refractivity contribution in [2.24, 2.45) is 0 Å². The summed E-state index contributed by atoms with van der Waals surface area (Å²) in [6.45, 7) is 0. The Hall–Kier alpha value is -1.68. The second kappa shape index (κ2) is 2.58. The van der Waals surface area contributed by atoms with Crippen molar-refractivity contribution in [3.05, 3.63) is 21.2 Å². The SMILES string of the molecule is [N-]=C=C(C(=O)[O-])[N+](=O)[O-]. The highest BCUT2D eigenvalue weighted by molar-refractivity contribution is 5.92. The number of carbonyl (C=O) groups excluding carboxylic acids is 1. The third-order valence-electron chi connectivity index (χ3n) is 0.482. The van der Waals surface area contributed by atoms with Gasteiger partial charge in [0.25, 0.3) is 0 Å². The van der Waals surface area contributed by atoms with Gasteiger partial charge in [-0.3, -0.25) is 10.1 Å². The van der Waals surface area contributed by atoms with Crippen molar-refractivity contribution in [3.63, 3.8) is 0 Å². The first-order chi connectivity index (χ1) is 4.09. The van der Waals surface area contributed by atoms with Crippen LogP contribution in [0.25, 0.3) is 5.41 Å². The van der Waals surface area contributed by atoms with Crippen molar-refractivity contribution in [2.45, 2.75) is 0 Å². The zero-order valence-electron chi connectivity index (χ0n) is 4.03. The zero-order chi connectivity index (χ0) is 7.44. The molecule has 0 radical (unpaired) electrons. The molecule has 6 heteroatoms. The van der Waals surface area contributed by atoms with Gasteiger partial charge in [-0.1, -0.05) is 0 Å². The lowest BCUT2D eigenvalue weighted by Gasteiger charge is -1.94. The first-order valence-corrected chi connectivity index (χ1v) is 1.72. The monoisotopic (exact) mass is 128 g/mol. The fourth-order valence-electron chi connectivity index (χ4n) is 0.161. The Labute approximate surface area is 49.1 Å². The van der Waals surface area contributed by atoms with E-state index in [4.69, 9.17) is 5.41 Å². The van der Waals surface area contributed by atoms with Crippen molar-refractivity contribution in [3.8, 4) is 0 Å². The Balaban J connectivity index is 4.59. The largest absolute Gasteiger partial charge is 0.757 e. The Morgan fingerprint density at radius 2 is 2.11 bits per heavy atom. The Morgan fingerprint density at radius 3 is 2.11 bits per heavy atom. The number of hydrogen-bond acceptors (Lipinski definition) is 4. The predicted octanol–water partition coefficient (Wildman–Crippen LogP) is -1.86. The maximum absolute atomic E-state index is 9.56. The van der Waals surface area contributed by atoms with E-state index < -0.39 is 16.6 Å². The molecule has 0 spiro atoms. The predicted molar refractivity (Wildman–Crippen MR) is 23.9 cm³/mol. The van der Waals surface area contributed by atoms with Gasteiger partial charge < -0.3 is 15.3 Å². The molecule has 0 aromatic rings. The van der Waals surface area contributed by atoms with Gasteiger partial charge in [-0.2, -0.15) is 5.87 Å². The first kappa shape index (κ1) is 7.32. The smallest absolute Gasteiger partial charge is 0.311 e. The van der Waals surface area contributed by atoms with Crippen molar-refractivity contribution in [2.75, 3.05) is 0 Å². The zero-order valence-corrected chi connectivity index (χ0v) is 4.03. The number of carboxylic acid groups (broad SMARTS) is 1. The minimum absolute atomic E-state index is 0.856. The normalized spacial score (nSPS) is 7.56. The lowest BCUT2D eigenvalue weighted by Crippen LogP contribution is -2.28. The summed E-state index contributed by atoms with van der Waals surface area (Å²) in [5.41, 5.74) is -1.48. The van der Waals surface area contributed by atoms with Gasteiger partial charge in [0.15, 0.2) is 5.97 Å². The van der Waals surface area contributed by atoms with Gasteiger partial charge >= 0.3 is 5.70 Å². The quantitative estimate of drug-likeness (QED) is 0.188. The molecule has 0 aliphatic carbocycles. The molecule has 0 fully saturated rings. The van der Waals surface area contributed by atoms with Crippen LogP contribution in [0.15, 0.2) is 5.70 Å². The molecule has 0 atom stereocenters. The highest BCUT2D eigenvalue weighted by Crippen LogP contribution is 1.84. The molecular formula is C3N2O4-2. The third-order valence-corrected chi connectivity index (χ3v) is 0.482. The average molecular weight is 128 g/mol. The fraction of sp³-hybridized carbons (Fsp3) is 0. The lowest BCUT2D eigenvalue weighted by atomic mass is 10.5. The molecule has 0 aliphatic heterocycles. The van der Waals surface area contributed by atoms with Gasteiger partial charge in [-0.25, -0.2) is 0 Å². The number of aliphatic carboxylic acids is 1. The van der Waals surface area contributed by atoms with Crippen LogP contribution in [0.3, 0.4) is 0 Å². The highest BCUT2D eigenvalue weighted by atomic mass is 16.6. The van der Waals surface area contributed by atoms with Gasteiger partial charge in [0, 0.05) is 0 Å². The summed E-state index contributed by atoms with van der Waals surface area (Å²) < 4.78 is 0. The van der Waals surface area contributed by atoms with Crippen LogP contribution >= 0.6 is 0 Å². The van der Waals surface area contributed by atoms with Crippen LogP contribution in [0.5, 0.6) is 0 Å². The molecule has 0 aliphatic rings. The van der Waals surface area contributed by atoms with Gasteiger partial charge in [0.1, 0.15) is 0 Å². The third kappa shape index (κ3) is 1.70. The van der Waals surface area contributed by atoms with Crippen molar-refractivity contribution >= 4 is 11.8 Å². The topological polar surface area (TPSA) is 106 Å². The summed E-state index contributed by atoms with van der Waals surface area (Å²) in [4.78, 5) is 17.7. The second-order valence-electron chi connectivity index (χ2n) is 1.00. The van der Waals surface area contributed by atoms with E-state index in [1.807, 2.05) is 0 Å². The van der Waals surface area contributed by atoms with Crippen molar-refractivity contribution in [1.29, 1.82) is 0 Å². The molecule has 0 amide bonds. The fourth-order valence-corrected chi connectivity index (χ4v) is 0.161. The molecule has 0 bridgehead atoms. The Bertz CT molecular complexity index is 186. The molecule has 0 N–H and O–H groups in total. The summed E-state index contributed by atoms with van der Waals surface area (Å²) in [7, 11) is 0. The van der Waals surface area contributed by atoms with E-state index >= 15 is 0 Å². The minimum atomic E-state index is -2.07. The number of carbonyl (C=O) groups is 1. The number of nitro groups is 1. The molecule has 6 nitrogen and oxygen atoms in total. The van der Waals surface area contributed by atoms with Gasteiger partial charge in [0.2, 0.25) is 0 Å². The molecule has 9 heavy (non-hydrogen) atoms. The van der Waals surface area contributed by atoms with Gasteiger partial charge in [-0.05, 0) is 0 Å². The van der Waals surface area contributed by atoms with Crippen LogP contribution in [0, 0.1) is 10.1 Å². The summed E-state index contributed by atoms with van der Waals surface area (Å²) in [5.74, 6) is -1.21. The molecule has 0 aromatic heterocycles. The summed E-state index contributed by atoms with van der Waals surface area (Å²) in [6.07, 6.45) is 0. The molecule has 0 aromatic carbocycles. The number of nitrogens with zero attached hydrogens (tertiary/aromatic N) is 2. The highest BCUT2D eigenvalue weighted by Gasteiger charge is 2.06. The molecule has 0 rings (SSSR count). The summed E-state index contributed by atoms with van der Waals surface area (Å²) in [6, 6.07) is 0. The Kier molecular flexibility index (Phi) is 2.10. The standard InChI is InChI=1S/C3HN2O4/c4-1-2(3(6)7)5(8)9/h(H,6,7)/q-1/p-1. The number of carboxylic acids is 1. The molecular weight excluding hydrogens is 128 g/mol. The maximum Gasteiger partial charge on any atom is 0.311 e. The van der Waals surface area contributed by atoms with Crippen LogP contribution in [0.1, 0.15) is 0 Å². The minimum Gasteiger partial charge on any atom is -0.757 e. The van der Waals surface area contributed by atoms with Crippen LogP contribution in [-0.4, -0.2) is 16.8 Å². The first-order valence-electron chi connectivity index (χ1n) is 1.72. The molecule has 0 saturated heterocycles. The number of hydrogen-bond donors (Lipinski definition) is 0.